The molecule has 1 N–H and O–H groups in total. The molecule has 3 nitrogen and oxygen atoms in total. The van der Waals surface area contributed by atoms with Crippen molar-refractivity contribution in [2.75, 3.05) is 0 Å². The fraction of sp³-hybridized carbons (Fsp3) is 0. The number of halogens is 2. The van der Waals surface area contributed by atoms with Crippen LogP contribution in [-0.2, 0) is 0 Å². The monoisotopic (exact) mass is 258 g/mol. The number of nitrogens with one attached hydrogen (secondary N) is 1. The van der Waals surface area contributed by atoms with Crippen molar-refractivity contribution in [3.05, 3.63) is 27.3 Å². The van der Waals surface area contributed by atoms with Gasteiger partial charge < -0.3 is 0 Å². The molecule has 0 aliphatic carbocycles. The van der Waals surface area contributed by atoms with Crippen LogP contribution >= 0.6 is 27.5 Å². The third-order valence-corrected chi connectivity index (χ3v) is 2.55. The van der Waals surface area contributed by atoms with Crippen LogP contribution in [0.5, 0.6) is 0 Å². The van der Waals surface area contributed by atoms with Crippen LogP contribution in [-0.4, -0.2) is 16.5 Å². The van der Waals surface area contributed by atoms with Crippen LogP contribution in [0.1, 0.15) is 10.5 Å². The fourth-order valence-electron chi connectivity index (χ4n) is 1.15. The van der Waals surface area contributed by atoms with Gasteiger partial charge in [-0.15, -0.1) is 0 Å². The number of hydrogen-bond donors (Lipinski definition) is 1. The first-order chi connectivity index (χ1) is 6.22. The first-order valence-electron chi connectivity index (χ1n) is 3.50. The van der Waals surface area contributed by atoms with Gasteiger partial charge in [0, 0.05) is 14.9 Å². The molecule has 1 aromatic carbocycles. The molecule has 0 atom stereocenters. The van der Waals surface area contributed by atoms with Gasteiger partial charge in [-0.1, -0.05) is 11.6 Å². The molecule has 0 unspecified atom stereocenters. The lowest BCUT2D eigenvalue weighted by Gasteiger charge is -1.93. The normalized spacial score (nSPS) is 10.6. The van der Waals surface area contributed by atoms with Crippen LogP contribution < -0.4 is 0 Å². The zero-order chi connectivity index (χ0) is 9.42. The molecule has 5 heteroatoms. The van der Waals surface area contributed by atoms with E-state index in [2.05, 4.69) is 26.1 Å². The summed E-state index contributed by atoms with van der Waals surface area (Å²) in [6.07, 6.45) is 0.720. The lowest BCUT2D eigenvalue weighted by Crippen LogP contribution is -1.78. The zero-order valence-corrected chi connectivity index (χ0v) is 8.69. The second kappa shape index (κ2) is 3.12. The Morgan fingerprint density at radius 2 is 2.31 bits per heavy atom. The molecule has 66 valence electrons. The van der Waals surface area contributed by atoms with Crippen molar-refractivity contribution in [1.29, 1.82) is 0 Å². The highest BCUT2D eigenvalue weighted by Crippen LogP contribution is 2.27. The minimum atomic E-state index is 0.443. The quantitative estimate of drug-likeness (QED) is 0.801. The van der Waals surface area contributed by atoms with Crippen molar-refractivity contribution in [1.82, 2.24) is 10.2 Å². The maximum absolute atomic E-state index is 10.6. The third-order valence-electron chi connectivity index (χ3n) is 1.72. The molecule has 0 aliphatic rings. The molecule has 0 spiro atoms. The number of aromatic nitrogens is 2. The molecular formula is C8H4BrClN2O. The number of nitrogens with zero attached hydrogens (tertiary/aromatic N) is 1. The minimum absolute atomic E-state index is 0.443. The number of aldehydes is 1. The minimum Gasteiger partial charge on any atom is -0.296 e. The fourth-order valence-corrected chi connectivity index (χ4v) is 2.05. The lowest BCUT2D eigenvalue weighted by atomic mass is 10.2. The second-order valence-corrected chi connectivity index (χ2v) is 3.83. The average molecular weight is 259 g/mol. The molecule has 1 aromatic heterocycles. The molecule has 13 heavy (non-hydrogen) atoms. The molecular weight excluding hydrogens is 255 g/mol. The molecule has 0 fully saturated rings. The zero-order valence-electron chi connectivity index (χ0n) is 6.34. The Morgan fingerprint density at radius 1 is 1.54 bits per heavy atom. The molecule has 0 bridgehead atoms. The van der Waals surface area contributed by atoms with Gasteiger partial charge in [-0.25, -0.2) is 0 Å². The summed E-state index contributed by atoms with van der Waals surface area (Å²) < 4.78 is 0.777. The lowest BCUT2D eigenvalue weighted by molar-refractivity contribution is 0.112. The molecule has 2 aromatic rings. The van der Waals surface area contributed by atoms with Gasteiger partial charge in [-0.2, -0.15) is 5.10 Å². The molecule has 0 amide bonds. The van der Waals surface area contributed by atoms with Crippen LogP contribution in [0.2, 0.25) is 5.02 Å². The van der Waals surface area contributed by atoms with E-state index in [4.69, 9.17) is 11.6 Å². The van der Waals surface area contributed by atoms with Crippen molar-refractivity contribution in [2.24, 2.45) is 0 Å². The van der Waals surface area contributed by atoms with Crippen LogP contribution in [0.4, 0.5) is 0 Å². The highest BCUT2D eigenvalue weighted by molar-refractivity contribution is 9.10. The number of H-pyrrole nitrogens is 1. The Morgan fingerprint density at radius 3 is 3.00 bits per heavy atom. The number of benzene rings is 1. The number of fused-ring (bicyclic) bond motifs is 1. The second-order valence-electron chi connectivity index (χ2n) is 2.54. The number of carbonyl (C=O) groups is 1. The van der Waals surface area contributed by atoms with Crippen LogP contribution in [0.25, 0.3) is 10.9 Å². The number of hydrogen-bond acceptors (Lipinski definition) is 2. The molecule has 1 heterocycles. The Hall–Kier alpha value is -0.870. The van der Waals surface area contributed by atoms with E-state index in [9.17, 15) is 4.79 Å². The number of rotatable bonds is 1. The van der Waals surface area contributed by atoms with Gasteiger partial charge in [0.15, 0.2) is 6.29 Å². The first kappa shape index (κ1) is 8.72. The highest BCUT2D eigenvalue weighted by atomic mass is 79.9. The molecule has 0 saturated heterocycles. The maximum Gasteiger partial charge on any atom is 0.168 e. The number of carbonyl (C=O) groups excluding carboxylic acids is 1. The van der Waals surface area contributed by atoms with E-state index >= 15 is 0 Å². The van der Waals surface area contributed by atoms with E-state index in [-0.39, 0.29) is 0 Å². The summed E-state index contributed by atoms with van der Waals surface area (Å²) in [5.41, 5.74) is 1.16. The third kappa shape index (κ3) is 1.36. The molecule has 0 aliphatic heterocycles. The topological polar surface area (TPSA) is 45.8 Å². The van der Waals surface area contributed by atoms with Crippen molar-refractivity contribution in [3.8, 4) is 0 Å². The van der Waals surface area contributed by atoms with E-state index in [0.29, 0.717) is 16.2 Å². The predicted molar refractivity (Wildman–Crippen MR) is 54.2 cm³/mol. The van der Waals surface area contributed by atoms with E-state index < -0.39 is 0 Å². The van der Waals surface area contributed by atoms with Gasteiger partial charge in [0.2, 0.25) is 0 Å². The van der Waals surface area contributed by atoms with Crippen LogP contribution in [0.15, 0.2) is 16.6 Å². The standard InChI is InChI=1S/C8H4BrClN2O/c9-6-2-4(10)1-5-7(3-13)11-12-8(5)6/h1-3H,(H,11,12). The van der Waals surface area contributed by atoms with Crippen molar-refractivity contribution >= 4 is 44.7 Å². The van der Waals surface area contributed by atoms with Gasteiger partial charge in [0.25, 0.3) is 0 Å². The van der Waals surface area contributed by atoms with Gasteiger partial charge in [-0.3, -0.25) is 9.89 Å². The Balaban J connectivity index is 2.89. The Kier molecular flexibility index (Phi) is 2.09. The summed E-state index contributed by atoms with van der Waals surface area (Å²) >= 11 is 9.13. The van der Waals surface area contributed by atoms with Gasteiger partial charge in [0.1, 0.15) is 11.2 Å². The summed E-state index contributed by atoms with van der Waals surface area (Å²) in [6.45, 7) is 0. The largest absolute Gasteiger partial charge is 0.296 e. The molecule has 0 radical (unpaired) electrons. The summed E-state index contributed by atoms with van der Waals surface area (Å²) in [6, 6.07) is 3.44. The first-order valence-corrected chi connectivity index (χ1v) is 4.68. The predicted octanol–water partition coefficient (Wildman–Crippen LogP) is 2.79. The van der Waals surface area contributed by atoms with Gasteiger partial charge in [0.05, 0.1) is 0 Å². The van der Waals surface area contributed by atoms with E-state index in [1.807, 2.05) is 0 Å². The van der Waals surface area contributed by atoms with Crippen molar-refractivity contribution in [3.63, 3.8) is 0 Å². The number of aromatic amines is 1. The van der Waals surface area contributed by atoms with Crippen molar-refractivity contribution < 1.29 is 4.79 Å². The van der Waals surface area contributed by atoms with E-state index in [0.717, 1.165) is 16.1 Å². The van der Waals surface area contributed by atoms with E-state index in [1.165, 1.54) is 0 Å². The average Bonchev–Trinajstić information content (AvgIpc) is 2.47. The van der Waals surface area contributed by atoms with Crippen LogP contribution in [0, 0.1) is 0 Å². The highest BCUT2D eigenvalue weighted by Gasteiger charge is 2.08. The van der Waals surface area contributed by atoms with Gasteiger partial charge >= 0.3 is 0 Å². The van der Waals surface area contributed by atoms with Crippen LogP contribution in [0.3, 0.4) is 0 Å². The summed E-state index contributed by atoms with van der Waals surface area (Å²) in [4.78, 5) is 10.6. The Bertz CT molecular complexity index is 480. The smallest absolute Gasteiger partial charge is 0.168 e. The summed E-state index contributed by atoms with van der Waals surface area (Å²) in [7, 11) is 0. The van der Waals surface area contributed by atoms with Gasteiger partial charge in [-0.05, 0) is 28.1 Å². The SMILES string of the molecule is O=Cc1[nH]nc2c(Br)cc(Cl)cc12. The van der Waals surface area contributed by atoms with Crippen molar-refractivity contribution in [2.45, 2.75) is 0 Å². The maximum atomic E-state index is 10.6. The molecule has 2 rings (SSSR count). The summed E-state index contributed by atoms with van der Waals surface area (Å²) in [5.74, 6) is 0. The van der Waals surface area contributed by atoms with E-state index in [1.54, 1.807) is 12.1 Å². The molecule has 0 saturated carbocycles. The summed E-state index contributed by atoms with van der Waals surface area (Å²) in [5, 5.41) is 7.90. The Labute approximate surface area is 87.2 Å².